The highest BCUT2D eigenvalue weighted by Gasteiger charge is 2.26. The van der Waals surface area contributed by atoms with Crippen molar-refractivity contribution in [2.24, 2.45) is 0 Å². The maximum atomic E-state index is 11.3. The minimum atomic E-state index is -0.0764. The van der Waals surface area contributed by atoms with Crippen molar-refractivity contribution in [1.82, 2.24) is 4.31 Å². The summed E-state index contributed by atoms with van der Waals surface area (Å²) in [5.41, 5.74) is 9.03. The fraction of sp³-hybridized carbons (Fsp3) is 0.188. The van der Waals surface area contributed by atoms with E-state index in [-0.39, 0.29) is 6.04 Å². The molecule has 1 heterocycles. The topological polar surface area (TPSA) is 46.3 Å². The SMILES string of the molecule is Nc1ccc(SN2Cc3ccccc3CC2C=O)cc1. The number of anilines is 1. The molecule has 0 aliphatic carbocycles. The summed E-state index contributed by atoms with van der Waals surface area (Å²) in [6.45, 7) is 0.786. The van der Waals surface area contributed by atoms with Gasteiger partial charge in [-0.15, -0.1) is 0 Å². The summed E-state index contributed by atoms with van der Waals surface area (Å²) in [5, 5.41) is 0. The number of fused-ring (bicyclic) bond motifs is 1. The van der Waals surface area contributed by atoms with E-state index in [1.165, 1.54) is 11.1 Å². The molecule has 1 aliphatic rings. The fourth-order valence-electron chi connectivity index (χ4n) is 2.40. The highest BCUT2D eigenvalue weighted by molar-refractivity contribution is 7.97. The molecule has 20 heavy (non-hydrogen) atoms. The standard InChI is InChI=1S/C16H16N2OS/c17-14-5-7-16(8-6-14)20-18-10-13-4-2-1-3-12(13)9-15(18)11-19/h1-8,11,15H,9-10,17H2. The molecular weight excluding hydrogens is 268 g/mol. The van der Waals surface area contributed by atoms with Crippen molar-refractivity contribution in [3.05, 3.63) is 59.7 Å². The molecule has 0 aromatic heterocycles. The molecule has 4 heteroatoms. The molecule has 0 radical (unpaired) electrons. The van der Waals surface area contributed by atoms with Crippen molar-refractivity contribution in [3.8, 4) is 0 Å². The molecule has 1 atom stereocenters. The number of carbonyl (C=O) groups is 1. The zero-order chi connectivity index (χ0) is 13.9. The first kappa shape index (κ1) is 13.2. The lowest BCUT2D eigenvalue weighted by Gasteiger charge is -2.32. The molecule has 1 aliphatic heterocycles. The Morgan fingerprint density at radius 3 is 2.50 bits per heavy atom. The normalized spacial score (nSPS) is 18.5. The van der Waals surface area contributed by atoms with Gasteiger partial charge in [0.15, 0.2) is 0 Å². The minimum Gasteiger partial charge on any atom is -0.399 e. The molecular formula is C16H16N2OS. The number of rotatable bonds is 3. The molecule has 102 valence electrons. The molecule has 0 spiro atoms. The van der Waals surface area contributed by atoms with Crippen LogP contribution in [0.15, 0.2) is 53.4 Å². The summed E-state index contributed by atoms with van der Waals surface area (Å²) >= 11 is 1.62. The average molecular weight is 284 g/mol. The highest BCUT2D eigenvalue weighted by Crippen LogP contribution is 2.32. The van der Waals surface area contributed by atoms with E-state index in [1.54, 1.807) is 11.9 Å². The zero-order valence-corrected chi connectivity index (χ0v) is 11.8. The van der Waals surface area contributed by atoms with Crippen molar-refractivity contribution in [2.45, 2.75) is 23.9 Å². The Balaban J connectivity index is 1.82. The first-order valence-corrected chi connectivity index (χ1v) is 7.36. The van der Waals surface area contributed by atoms with E-state index >= 15 is 0 Å². The third-order valence-electron chi connectivity index (χ3n) is 3.50. The molecule has 0 bridgehead atoms. The Hall–Kier alpha value is -1.78. The van der Waals surface area contributed by atoms with Gasteiger partial charge in [0.25, 0.3) is 0 Å². The van der Waals surface area contributed by atoms with Crippen LogP contribution in [0, 0.1) is 0 Å². The van der Waals surface area contributed by atoms with Crippen LogP contribution in [0.3, 0.4) is 0 Å². The number of hydrogen-bond donors (Lipinski definition) is 1. The third kappa shape index (κ3) is 2.71. The molecule has 0 fully saturated rings. The maximum Gasteiger partial charge on any atom is 0.138 e. The molecule has 3 rings (SSSR count). The number of nitrogen functional groups attached to an aromatic ring is 1. The lowest BCUT2D eigenvalue weighted by Crippen LogP contribution is -2.36. The van der Waals surface area contributed by atoms with E-state index in [1.807, 2.05) is 36.4 Å². The summed E-state index contributed by atoms with van der Waals surface area (Å²) in [5.74, 6) is 0. The second-order valence-electron chi connectivity index (χ2n) is 4.91. The van der Waals surface area contributed by atoms with Crippen LogP contribution in [0.4, 0.5) is 5.69 Å². The summed E-state index contributed by atoms with van der Waals surface area (Å²) < 4.78 is 2.14. The number of carbonyl (C=O) groups excluding carboxylic acids is 1. The predicted octanol–water partition coefficient (Wildman–Crippen LogP) is 2.90. The second kappa shape index (κ2) is 5.69. The zero-order valence-electron chi connectivity index (χ0n) is 11.0. The number of nitrogens with two attached hydrogens (primary N) is 1. The van der Waals surface area contributed by atoms with E-state index in [9.17, 15) is 4.79 Å². The van der Waals surface area contributed by atoms with Crippen LogP contribution >= 0.6 is 11.9 Å². The second-order valence-corrected chi connectivity index (χ2v) is 6.03. The molecule has 2 aromatic carbocycles. The Morgan fingerprint density at radius 2 is 1.80 bits per heavy atom. The van der Waals surface area contributed by atoms with Crippen molar-refractivity contribution in [3.63, 3.8) is 0 Å². The van der Waals surface area contributed by atoms with Gasteiger partial charge < -0.3 is 10.5 Å². The van der Waals surface area contributed by atoms with E-state index in [2.05, 4.69) is 16.4 Å². The Morgan fingerprint density at radius 1 is 1.10 bits per heavy atom. The molecule has 0 amide bonds. The van der Waals surface area contributed by atoms with E-state index in [4.69, 9.17) is 5.73 Å². The summed E-state index contributed by atoms with van der Waals surface area (Å²) in [6, 6.07) is 16.0. The first-order valence-electron chi connectivity index (χ1n) is 6.58. The van der Waals surface area contributed by atoms with Crippen molar-refractivity contribution in [2.75, 3.05) is 5.73 Å². The average Bonchev–Trinajstić information content (AvgIpc) is 2.49. The van der Waals surface area contributed by atoms with Crippen LogP contribution in [0.2, 0.25) is 0 Å². The predicted molar refractivity (Wildman–Crippen MR) is 82.3 cm³/mol. The summed E-state index contributed by atoms with van der Waals surface area (Å²) in [7, 11) is 0. The molecule has 3 nitrogen and oxygen atoms in total. The lowest BCUT2D eigenvalue weighted by atomic mass is 9.97. The largest absolute Gasteiger partial charge is 0.399 e. The fourth-order valence-corrected chi connectivity index (χ4v) is 3.40. The van der Waals surface area contributed by atoms with Crippen LogP contribution in [0.1, 0.15) is 11.1 Å². The highest BCUT2D eigenvalue weighted by atomic mass is 32.2. The molecule has 2 N–H and O–H groups in total. The van der Waals surface area contributed by atoms with Gasteiger partial charge in [-0.2, -0.15) is 0 Å². The van der Waals surface area contributed by atoms with Crippen LogP contribution in [0.5, 0.6) is 0 Å². The first-order chi connectivity index (χ1) is 9.76. The van der Waals surface area contributed by atoms with Gasteiger partial charge in [0, 0.05) is 17.1 Å². The lowest BCUT2D eigenvalue weighted by molar-refractivity contribution is -0.111. The molecule has 2 aromatic rings. The smallest absolute Gasteiger partial charge is 0.138 e. The molecule has 0 saturated heterocycles. The maximum absolute atomic E-state index is 11.3. The number of nitrogens with zero attached hydrogens (tertiary/aromatic N) is 1. The van der Waals surface area contributed by atoms with Gasteiger partial charge in [-0.3, -0.25) is 0 Å². The molecule has 1 unspecified atom stereocenters. The Bertz CT molecular complexity index is 612. The number of hydrogen-bond acceptors (Lipinski definition) is 4. The van der Waals surface area contributed by atoms with Gasteiger partial charge in [-0.05, 0) is 53.8 Å². The number of aldehydes is 1. The van der Waals surface area contributed by atoms with E-state index < -0.39 is 0 Å². The van der Waals surface area contributed by atoms with Gasteiger partial charge in [-0.25, -0.2) is 4.31 Å². The van der Waals surface area contributed by atoms with Gasteiger partial charge in [0.1, 0.15) is 6.29 Å². The Kier molecular flexibility index (Phi) is 3.76. The van der Waals surface area contributed by atoms with Crippen molar-refractivity contribution < 1.29 is 4.79 Å². The van der Waals surface area contributed by atoms with Gasteiger partial charge in [0.05, 0.1) is 6.04 Å². The Labute approximate surface area is 122 Å². The van der Waals surface area contributed by atoms with Crippen molar-refractivity contribution in [1.29, 1.82) is 0 Å². The molecule has 0 saturated carbocycles. The summed E-state index contributed by atoms with van der Waals surface area (Å²) in [6.07, 6.45) is 1.82. The van der Waals surface area contributed by atoms with E-state index in [0.717, 1.165) is 29.8 Å². The third-order valence-corrected chi connectivity index (χ3v) is 4.62. The van der Waals surface area contributed by atoms with E-state index in [0.29, 0.717) is 0 Å². The van der Waals surface area contributed by atoms with Crippen LogP contribution in [0.25, 0.3) is 0 Å². The summed E-state index contributed by atoms with van der Waals surface area (Å²) in [4.78, 5) is 12.5. The van der Waals surface area contributed by atoms with Crippen molar-refractivity contribution >= 4 is 23.9 Å². The quantitative estimate of drug-likeness (QED) is 0.535. The monoisotopic (exact) mass is 284 g/mol. The minimum absolute atomic E-state index is 0.0764. The number of benzene rings is 2. The van der Waals surface area contributed by atoms with Gasteiger partial charge in [-0.1, -0.05) is 24.3 Å². The van der Waals surface area contributed by atoms with Crippen LogP contribution in [-0.2, 0) is 17.8 Å². The van der Waals surface area contributed by atoms with Crippen LogP contribution < -0.4 is 5.73 Å². The van der Waals surface area contributed by atoms with Crippen LogP contribution in [-0.4, -0.2) is 16.6 Å². The van der Waals surface area contributed by atoms with Gasteiger partial charge >= 0.3 is 0 Å². The van der Waals surface area contributed by atoms with Gasteiger partial charge in [0.2, 0.25) is 0 Å².